The third kappa shape index (κ3) is 2.22. The van der Waals surface area contributed by atoms with Crippen LogP contribution in [0.1, 0.15) is 20.8 Å². The SMILES string of the molecule is CC(=O)[SiH](C(C)=O)C(C)=O. The van der Waals surface area contributed by atoms with Gasteiger partial charge in [-0.1, -0.05) is 0 Å². The van der Waals surface area contributed by atoms with Crippen molar-refractivity contribution >= 4 is 25.0 Å². The van der Waals surface area contributed by atoms with Crippen molar-refractivity contribution in [1.82, 2.24) is 0 Å². The van der Waals surface area contributed by atoms with Crippen molar-refractivity contribution < 1.29 is 14.4 Å². The highest BCUT2D eigenvalue weighted by atomic mass is 28.3. The zero-order valence-corrected chi connectivity index (χ0v) is 7.46. The van der Waals surface area contributed by atoms with Gasteiger partial charge in [0.1, 0.15) is 16.2 Å². The van der Waals surface area contributed by atoms with Gasteiger partial charge in [0.15, 0.2) is 0 Å². The van der Waals surface area contributed by atoms with E-state index < -0.39 is 8.80 Å². The van der Waals surface area contributed by atoms with Gasteiger partial charge in [0, 0.05) is 0 Å². The van der Waals surface area contributed by atoms with Gasteiger partial charge in [-0.25, -0.2) is 0 Å². The minimum Gasteiger partial charge on any atom is -0.305 e. The first-order valence-corrected chi connectivity index (χ1v) is 4.71. The molecule has 0 rings (SSSR count). The molecular weight excluding hydrogens is 148 g/mol. The quantitative estimate of drug-likeness (QED) is 0.525. The second kappa shape index (κ2) is 3.41. The summed E-state index contributed by atoms with van der Waals surface area (Å²) in [5.74, 6) is 0. The van der Waals surface area contributed by atoms with E-state index in [1.54, 1.807) is 0 Å². The van der Waals surface area contributed by atoms with Gasteiger partial charge in [0.2, 0.25) is 0 Å². The number of carbonyl (C=O) groups is 3. The lowest BCUT2D eigenvalue weighted by Crippen LogP contribution is -2.39. The Kier molecular flexibility index (Phi) is 3.15. The number of hydrogen-bond acceptors (Lipinski definition) is 3. The molecule has 0 aliphatic carbocycles. The van der Waals surface area contributed by atoms with E-state index in [2.05, 4.69) is 0 Å². The highest BCUT2D eigenvalue weighted by Crippen LogP contribution is 1.88. The fraction of sp³-hybridized carbons (Fsp3) is 0.500. The average molecular weight is 158 g/mol. The smallest absolute Gasteiger partial charge is 0.264 e. The van der Waals surface area contributed by atoms with E-state index in [1.807, 2.05) is 0 Å². The number of rotatable bonds is 3. The third-order valence-electron chi connectivity index (χ3n) is 1.22. The second-order valence-corrected chi connectivity index (χ2v) is 5.57. The molecule has 0 amide bonds. The molecule has 0 heterocycles. The van der Waals surface area contributed by atoms with E-state index in [9.17, 15) is 14.4 Å². The molecule has 0 aromatic rings. The highest BCUT2D eigenvalue weighted by Gasteiger charge is 2.26. The van der Waals surface area contributed by atoms with Crippen LogP contribution < -0.4 is 0 Å². The van der Waals surface area contributed by atoms with Crippen molar-refractivity contribution in [3.63, 3.8) is 0 Å². The number of carbonyl (C=O) groups excluding carboxylic acids is 3. The minimum absolute atomic E-state index is 0.236. The lowest BCUT2D eigenvalue weighted by Gasteiger charge is -2.00. The predicted octanol–water partition coefficient (Wildman–Crippen LogP) is -0.402. The van der Waals surface area contributed by atoms with Crippen LogP contribution in [0.2, 0.25) is 0 Å². The molecule has 10 heavy (non-hydrogen) atoms. The summed E-state index contributed by atoms with van der Waals surface area (Å²) in [6.45, 7) is 3.92. The van der Waals surface area contributed by atoms with Gasteiger partial charge in [-0.15, -0.1) is 0 Å². The molecule has 3 nitrogen and oxygen atoms in total. The van der Waals surface area contributed by atoms with Crippen LogP contribution in [0.4, 0.5) is 0 Å². The van der Waals surface area contributed by atoms with Crippen molar-refractivity contribution in [3.05, 3.63) is 0 Å². The molecule has 0 saturated carbocycles. The largest absolute Gasteiger partial charge is 0.305 e. The molecule has 0 atom stereocenters. The first-order valence-electron chi connectivity index (χ1n) is 2.98. The summed E-state index contributed by atoms with van der Waals surface area (Å²) in [6.07, 6.45) is 0. The van der Waals surface area contributed by atoms with Gasteiger partial charge >= 0.3 is 0 Å². The Morgan fingerprint density at radius 3 is 1.00 bits per heavy atom. The molecule has 0 radical (unpaired) electrons. The van der Waals surface area contributed by atoms with E-state index in [0.29, 0.717) is 0 Å². The third-order valence-corrected chi connectivity index (χ3v) is 3.66. The monoisotopic (exact) mass is 158 g/mol. The maximum Gasteiger partial charge on any atom is 0.264 e. The van der Waals surface area contributed by atoms with E-state index in [-0.39, 0.29) is 16.2 Å². The predicted molar refractivity (Wildman–Crippen MR) is 39.2 cm³/mol. The Balaban J connectivity index is 4.43. The summed E-state index contributed by atoms with van der Waals surface area (Å²) in [5.41, 5.74) is 0. The normalized spacial score (nSPS) is 9.60. The Labute approximate surface area is 61.0 Å². The molecule has 4 heteroatoms. The highest BCUT2D eigenvalue weighted by molar-refractivity contribution is 7.27. The molecule has 0 fully saturated rings. The molecule has 0 N–H and O–H groups in total. The second-order valence-electron chi connectivity index (χ2n) is 2.26. The Morgan fingerprint density at radius 2 is 1.00 bits per heavy atom. The zero-order valence-electron chi connectivity index (χ0n) is 6.30. The van der Waals surface area contributed by atoms with Crippen LogP contribution in [0.15, 0.2) is 0 Å². The summed E-state index contributed by atoms with van der Waals surface area (Å²) in [6, 6.07) is 0. The summed E-state index contributed by atoms with van der Waals surface area (Å²) in [4.78, 5) is 31.9. The summed E-state index contributed by atoms with van der Waals surface area (Å²) >= 11 is 0. The van der Waals surface area contributed by atoms with Gasteiger partial charge < -0.3 is 14.4 Å². The van der Waals surface area contributed by atoms with Gasteiger partial charge in [-0.3, -0.25) is 0 Å². The first kappa shape index (κ1) is 9.23. The van der Waals surface area contributed by atoms with Crippen LogP contribution in [0.3, 0.4) is 0 Å². The van der Waals surface area contributed by atoms with Crippen LogP contribution in [-0.2, 0) is 14.4 Å². The minimum atomic E-state index is -2.37. The molecule has 0 aromatic carbocycles. The van der Waals surface area contributed by atoms with E-state index in [0.717, 1.165) is 0 Å². The molecule has 0 spiro atoms. The Hall–Kier alpha value is -0.773. The Morgan fingerprint density at radius 1 is 0.800 bits per heavy atom. The topological polar surface area (TPSA) is 51.2 Å². The molecule has 0 aromatic heterocycles. The molecular formula is C6H10O3Si. The average Bonchev–Trinajstić information content (AvgIpc) is 1.59. The molecule has 0 aliphatic heterocycles. The fourth-order valence-electron chi connectivity index (χ4n) is 0.859. The maximum atomic E-state index is 10.6. The van der Waals surface area contributed by atoms with Crippen LogP contribution in [0.5, 0.6) is 0 Å². The van der Waals surface area contributed by atoms with E-state index in [4.69, 9.17) is 0 Å². The molecule has 0 saturated heterocycles. The lowest BCUT2D eigenvalue weighted by molar-refractivity contribution is -0.116. The molecule has 0 unspecified atom stereocenters. The van der Waals surface area contributed by atoms with Gasteiger partial charge in [0.25, 0.3) is 8.80 Å². The van der Waals surface area contributed by atoms with Gasteiger partial charge in [0.05, 0.1) is 0 Å². The first-order chi connectivity index (χ1) is 4.46. The van der Waals surface area contributed by atoms with Gasteiger partial charge in [-0.2, -0.15) is 0 Å². The summed E-state index contributed by atoms with van der Waals surface area (Å²) in [7, 11) is -2.37. The van der Waals surface area contributed by atoms with Crippen LogP contribution >= 0.6 is 0 Å². The van der Waals surface area contributed by atoms with Crippen molar-refractivity contribution in [3.8, 4) is 0 Å². The Bertz CT molecular complexity index is 152. The molecule has 0 aliphatic rings. The standard InChI is InChI=1S/C6H10O3Si/c1-4(7)10(5(2)8)6(3)9/h10H,1-3H3. The van der Waals surface area contributed by atoms with Crippen LogP contribution in [0.25, 0.3) is 0 Å². The lowest BCUT2D eigenvalue weighted by atomic mass is 10.9. The van der Waals surface area contributed by atoms with E-state index in [1.165, 1.54) is 20.8 Å². The summed E-state index contributed by atoms with van der Waals surface area (Å²) in [5, 5.41) is -0.708. The van der Waals surface area contributed by atoms with Crippen molar-refractivity contribution in [2.75, 3.05) is 0 Å². The van der Waals surface area contributed by atoms with Crippen molar-refractivity contribution in [1.29, 1.82) is 0 Å². The van der Waals surface area contributed by atoms with Crippen molar-refractivity contribution in [2.45, 2.75) is 20.8 Å². The van der Waals surface area contributed by atoms with Gasteiger partial charge in [-0.05, 0) is 20.8 Å². The maximum absolute atomic E-state index is 10.6. The summed E-state index contributed by atoms with van der Waals surface area (Å²) < 4.78 is 0. The van der Waals surface area contributed by atoms with Crippen molar-refractivity contribution in [2.24, 2.45) is 0 Å². The van der Waals surface area contributed by atoms with Crippen LogP contribution in [0, 0.1) is 0 Å². The zero-order chi connectivity index (χ0) is 8.31. The fourth-order valence-corrected chi connectivity index (χ4v) is 2.58. The van der Waals surface area contributed by atoms with Crippen LogP contribution in [-0.4, -0.2) is 25.0 Å². The van der Waals surface area contributed by atoms with E-state index >= 15 is 0 Å². The number of hydrogen-bond donors (Lipinski definition) is 0. The molecule has 0 bridgehead atoms. The molecule has 56 valence electrons.